The van der Waals surface area contributed by atoms with E-state index in [0.29, 0.717) is 24.9 Å². The third-order valence-electron chi connectivity index (χ3n) is 5.29. The number of rotatable bonds is 6. The molecule has 1 saturated heterocycles. The predicted octanol–water partition coefficient (Wildman–Crippen LogP) is 3.33. The van der Waals surface area contributed by atoms with E-state index in [4.69, 9.17) is 4.74 Å². The number of carbonyl (C=O) groups excluding carboxylic acids is 1. The lowest BCUT2D eigenvalue weighted by atomic mass is 9.91. The number of aromatic amines is 1. The summed E-state index contributed by atoms with van der Waals surface area (Å²) < 4.78 is 19.5. The van der Waals surface area contributed by atoms with Crippen LogP contribution >= 0.6 is 0 Å². The first-order valence-corrected chi connectivity index (χ1v) is 9.59. The Hall–Kier alpha value is -3.19. The Morgan fingerprint density at radius 2 is 2.00 bits per heavy atom. The fourth-order valence-corrected chi connectivity index (χ4v) is 3.74. The van der Waals surface area contributed by atoms with E-state index in [2.05, 4.69) is 20.8 Å². The fourth-order valence-electron chi connectivity index (χ4n) is 3.74. The smallest absolute Gasteiger partial charge is 0.220 e. The molecular weight excluding hydrogens is 371 g/mol. The highest BCUT2D eigenvalue weighted by atomic mass is 19.1. The standard InChI is InChI=1S/C22H23FN4O2/c1-29-16-8-6-14(7-9-16)21-15(13-25-27-21)12-24-19-10-11-20(28)26-22(19)17-4-2-3-5-18(17)23/h2-9,13,19,22,24H,10-12H2,1H3,(H,25,27)(H,26,28)/t19-,22+/m1/s1. The third-order valence-corrected chi connectivity index (χ3v) is 5.29. The van der Waals surface area contributed by atoms with Crippen LogP contribution in [0.4, 0.5) is 4.39 Å². The van der Waals surface area contributed by atoms with Crippen molar-refractivity contribution in [3.63, 3.8) is 0 Å². The van der Waals surface area contributed by atoms with Crippen LogP contribution in [0.2, 0.25) is 0 Å². The van der Waals surface area contributed by atoms with Crippen LogP contribution < -0.4 is 15.4 Å². The van der Waals surface area contributed by atoms with Crippen molar-refractivity contribution < 1.29 is 13.9 Å². The van der Waals surface area contributed by atoms with E-state index >= 15 is 0 Å². The summed E-state index contributed by atoms with van der Waals surface area (Å²) in [6, 6.07) is 13.8. The Kier molecular flexibility index (Phi) is 5.57. The molecule has 2 aromatic carbocycles. The van der Waals surface area contributed by atoms with Gasteiger partial charge in [0.05, 0.1) is 25.0 Å². The summed E-state index contributed by atoms with van der Waals surface area (Å²) in [5.74, 6) is 0.422. The predicted molar refractivity (Wildman–Crippen MR) is 108 cm³/mol. The molecule has 7 heteroatoms. The molecule has 2 atom stereocenters. The average molecular weight is 394 g/mol. The summed E-state index contributed by atoms with van der Waals surface area (Å²) in [5, 5.41) is 13.6. The van der Waals surface area contributed by atoms with Crippen molar-refractivity contribution in [3.05, 3.63) is 71.7 Å². The molecule has 3 aromatic rings. The molecule has 4 rings (SSSR count). The molecule has 6 nitrogen and oxygen atoms in total. The SMILES string of the molecule is COc1ccc(-c2[nH]ncc2CN[C@@H]2CCC(=O)N[C@H]2c2ccccc2F)cc1. The Balaban J connectivity index is 1.51. The van der Waals surface area contributed by atoms with Crippen molar-refractivity contribution in [1.29, 1.82) is 0 Å². The number of carbonyl (C=O) groups is 1. The summed E-state index contributed by atoms with van der Waals surface area (Å²) >= 11 is 0. The minimum absolute atomic E-state index is 0.0569. The van der Waals surface area contributed by atoms with Crippen molar-refractivity contribution in [3.8, 4) is 17.0 Å². The maximum atomic E-state index is 14.3. The number of ether oxygens (including phenoxy) is 1. The number of halogens is 1. The molecule has 0 saturated carbocycles. The van der Waals surface area contributed by atoms with E-state index in [0.717, 1.165) is 22.6 Å². The van der Waals surface area contributed by atoms with Gasteiger partial charge in [0.25, 0.3) is 0 Å². The van der Waals surface area contributed by atoms with Crippen molar-refractivity contribution >= 4 is 5.91 Å². The first-order valence-electron chi connectivity index (χ1n) is 9.59. The van der Waals surface area contributed by atoms with Gasteiger partial charge in [-0.05, 0) is 36.8 Å². The number of nitrogens with one attached hydrogen (secondary N) is 3. The zero-order chi connectivity index (χ0) is 20.2. The molecule has 2 heterocycles. The molecule has 1 aliphatic heterocycles. The number of hydrogen-bond donors (Lipinski definition) is 3. The maximum absolute atomic E-state index is 14.3. The van der Waals surface area contributed by atoms with E-state index in [9.17, 15) is 9.18 Å². The van der Waals surface area contributed by atoms with E-state index in [1.165, 1.54) is 6.07 Å². The Labute approximate surface area is 168 Å². The zero-order valence-corrected chi connectivity index (χ0v) is 16.1. The lowest BCUT2D eigenvalue weighted by Crippen LogP contribution is -2.48. The van der Waals surface area contributed by atoms with E-state index in [1.807, 2.05) is 24.3 Å². The van der Waals surface area contributed by atoms with Crippen LogP contribution in [0.25, 0.3) is 11.3 Å². The van der Waals surface area contributed by atoms with Crippen LogP contribution in [0.3, 0.4) is 0 Å². The topological polar surface area (TPSA) is 79.0 Å². The highest BCUT2D eigenvalue weighted by Crippen LogP contribution is 2.28. The second-order valence-electron chi connectivity index (χ2n) is 7.09. The number of nitrogens with zero attached hydrogens (tertiary/aromatic N) is 1. The minimum atomic E-state index is -0.409. The third kappa shape index (κ3) is 4.14. The molecule has 0 unspecified atom stereocenters. The zero-order valence-electron chi connectivity index (χ0n) is 16.1. The normalized spacial score (nSPS) is 19.0. The van der Waals surface area contributed by atoms with Gasteiger partial charge in [0.2, 0.25) is 5.91 Å². The number of aromatic nitrogens is 2. The number of amides is 1. The maximum Gasteiger partial charge on any atom is 0.220 e. The number of benzene rings is 2. The minimum Gasteiger partial charge on any atom is -0.497 e. The highest BCUT2D eigenvalue weighted by Gasteiger charge is 2.31. The summed E-state index contributed by atoms with van der Waals surface area (Å²) in [6.07, 6.45) is 2.84. The van der Waals surface area contributed by atoms with Crippen LogP contribution in [0.1, 0.15) is 30.0 Å². The van der Waals surface area contributed by atoms with Gasteiger partial charge in [0, 0.05) is 35.7 Å². The molecule has 1 fully saturated rings. The van der Waals surface area contributed by atoms with Crippen molar-refractivity contribution in [2.75, 3.05) is 7.11 Å². The van der Waals surface area contributed by atoms with Crippen LogP contribution in [-0.4, -0.2) is 29.3 Å². The monoisotopic (exact) mass is 394 g/mol. The van der Waals surface area contributed by atoms with Crippen molar-refractivity contribution in [2.24, 2.45) is 0 Å². The van der Waals surface area contributed by atoms with Crippen LogP contribution in [-0.2, 0) is 11.3 Å². The highest BCUT2D eigenvalue weighted by molar-refractivity contribution is 5.77. The molecule has 0 aliphatic carbocycles. The molecule has 29 heavy (non-hydrogen) atoms. The number of methoxy groups -OCH3 is 1. The van der Waals surface area contributed by atoms with E-state index in [-0.39, 0.29) is 17.8 Å². The van der Waals surface area contributed by atoms with Gasteiger partial charge in [0.15, 0.2) is 0 Å². The molecule has 150 valence electrons. The van der Waals surface area contributed by atoms with Crippen molar-refractivity contribution in [2.45, 2.75) is 31.5 Å². The van der Waals surface area contributed by atoms with Gasteiger partial charge in [0.1, 0.15) is 11.6 Å². The number of H-pyrrole nitrogens is 1. The van der Waals surface area contributed by atoms with E-state index in [1.54, 1.807) is 31.5 Å². The summed E-state index contributed by atoms with van der Waals surface area (Å²) in [5.41, 5.74) is 3.42. The molecule has 3 N–H and O–H groups in total. The van der Waals surface area contributed by atoms with Gasteiger partial charge in [-0.1, -0.05) is 18.2 Å². The number of hydrogen-bond acceptors (Lipinski definition) is 4. The first kappa shape index (κ1) is 19.1. The van der Waals surface area contributed by atoms with Crippen LogP contribution in [0, 0.1) is 5.82 Å². The molecule has 1 aliphatic rings. The fraction of sp³-hybridized carbons (Fsp3) is 0.273. The van der Waals surface area contributed by atoms with Gasteiger partial charge in [-0.15, -0.1) is 0 Å². The first-order chi connectivity index (χ1) is 14.2. The van der Waals surface area contributed by atoms with Gasteiger partial charge in [-0.3, -0.25) is 9.89 Å². The average Bonchev–Trinajstić information content (AvgIpc) is 3.22. The summed E-state index contributed by atoms with van der Waals surface area (Å²) in [7, 11) is 1.63. The second-order valence-corrected chi connectivity index (χ2v) is 7.09. The summed E-state index contributed by atoms with van der Waals surface area (Å²) in [6.45, 7) is 0.545. The Morgan fingerprint density at radius 1 is 1.21 bits per heavy atom. The van der Waals surface area contributed by atoms with Gasteiger partial charge >= 0.3 is 0 Å². The van der Waals surface area contributed by atoms with Gasteiger partial charge in [-0.2, -0.15) is 5.10 Å². The summed E-state index contributed by atoms with van der Waals surface area (Å²) in [4.78, 5) is 11.9. The lowest BCUT2D eigenvalue weighted by molar-refractivity contribution is -0.123. The number of piperidine rings is 1. The van der Waals surface area contributed by atoms with E-state index < -0.39 is 6.04 Å². The molecule has 1 aromatic heterocycles. The largest absolute Gasteiger partial charge is 0.497 e. The van der Waals surface area contributed by atoms with Gasteiger partial charge < -0.3 is 15.4 Å². The quantitative estimate of drug-likeness (QED) is 0.599. The van der Waals surface area contributed by atoms with Crippen LogP contribution in [0.15, 0.2) is 54.7 Å². The Morgan fingerprint density at radius 3 is 2.76 bits per heavy atom. The second kappa shape index (κ2) is 8.45. The van der Waals surface area contributed by atoms with Crippen molar-refractivity contribution in [1.82, 2.24) is 20.8 Å². The Bertz CT molecular complexity index is 986. The lowest BCUT2D eigenvalue weighted by Gasteiger charge is -2.33. The molecule has 1 amide bonds. The molecule has 0 bridgehead atoms. The van der Waals surface area contributed by atoms with Gasteiger partial charge in [-0.25, -0.2) is 4.39 Å². The molecular formula is C22H23FN4O2. The molecule has 0 spiro atoms. The molecule has 0 radical (unpaired) electrons. The van der Waals surface area contributed by atoms with Crippen LogP contribution in [0.5, 0.6) is 5.75 Å².